The van der Waals surface area contributed by atoms with E-state index in [0.29, 0.717) is 0 Å². The Hall–Kier alpha value is -2.86. The van der Waals surface area contributed by atoms with Crippen LogP contribution in [0.25, 0.3) is 21.5 Å². The molecule has 4 rings (SSSR count). The Morgan fingerprint density at radius 2 is 1.04 bits per heavy atom. The fraction of sp³-hybridized carbons (Fsp3) is 0.120. The van der Waals surface area contributed by atoms with Crippen LogP contribution in [-0.4, -0.2) is 0 Å². The van der Waals surface area contributed by atoms with E-state index in [-0.39, 0.29) is 0 Å². The molecule has 0 unspecified atom stereocenters. The molecule has 4 aromatic carbocycles. The molecule has 122 valence electrons. The van der Waals surface area contributed by atoms with Gasteiger partial charge in [-0.1, -0.05) is 96.6 Å². The van der Waals surface area contributed by atoms with Gasteiger partial charge in [0.25, 0.3) is 0 Å². The zero-order valence-electron chi connectivity index (χ0n) is 14.6. The molecule has 0 amide bonds. The molecule has 0 N–H and O–H groups in total. The minimum atomic E-state index is 1.01. The van der Waals surface area contributed by atoms with E-state index in [1.165, 1.54) is 38.2 Å². The van der Waals surface area contributed by atoms with Gasteiger partial charge in [-0.25, -0.2) is 0 Å². The maximum Gasteiger partial charge on any atom is -0.00637 e. The van der Waals surface area contributed by atoms with E-state index in [2.05, 4.69) is 97.9 Å². The highest BCUT2D eigenvalue weighted by Crippen LogP contribution is 2.21. The van der Waals surface area contributed by atoms with Crippen molar-refractivity contribution in [3.05, 3.63) is 108 Å². The Kier molecular flexibility index (Phi) is 4.35. The van der Waals surface area contributed by atoms with Crippen molar-refractivity contribution >= 4 is 21.5 Å². The summed E-state index contributed by atoms with van der Waals surface area (Å²) in [6.45, 7) is 2.15. The molecule has 0 aliphatic carbocycles. The van der Waals surface area contributed by atoms with Gasteiger partial charge in [0, 0.05) is 0 Å². The fourth-order valence-corrected chi connectivity index (χ4v) is 3.49. The van der Waals surface area contributed by atoms with Crippen molar-refractivity contribution in [1.29, 1.82) is 0 Å². The highest BCUT2D eigenvalue weighted by Gasteiger charge is 2.04. The van der Waals surface area contributed by atoms with Crippen molar-refractivity contribution in [2.45, 2.75) is 19.8 Å². The van der Waals surface area contributed by atoms with Crippen LogP contribution in [0.15, 0.2) is 96.6 Å². The van der Waals surface area contributed by atoms with E-state index < -0.39 is 0 Å². The summed E-state index contributed by atoms with van der Waals surface area (Å²) in [5.41, 5.74) is 4.23. The molecule has 0 atom stereocenters. The largest absolute Gasteiger partial charge is 0.0878 e. The second-order valence-corrected chi connectivity index (χ2v) is 6.66. The monoisotopic (exact) mass is 322 g/mol. The smallest absolute Gasteiger partial charge is 0.00637 e. The predicted octanol–water partition coefficient (Wildman–Crippen LogP) is 6.72. The lowest BCUT2D eigenvalue weighted by Gasteiger charge is -2.10. The summed E-state index contributed by atoms with van der Waals surface area (Å²) >= 11 is 0. The second-order valence-electron chi connectivity index (χ2n) is 6.66. The summed E-state index contributed by atoms with van der Waals surface area (Å²) in [5.74, 6) is 0. The van der Waals surface area contributed by atoms with Crippen molar-refractivity contribution in [3.63, 3.8) is 0 Å². The lowest BCUT2D eigenvalue weighted by Crippen LogP contribution is -1.96. The van der Waals surface area contributed by atoms with Gasteiger partial charge in [-0.15, -0.1) is 0 Å². The third kappa shape index (κ3) is 3.49. The molecule has 4 aromatic rings. The normalized spacial score (nSPS) is 10.9. The molecule has 25 heavy (non-hydrogen) atoms. The van der Waals surface area contributed by atoms with Crippen LogP contribution < -0.4 is 0 Å². The summed E-state index contributed by atoms with van der Waals surface area (Å²) in [6, 6.07) is 30.7. The third-order valence-corrected chi connectivity index (χ3v) is 4.90. The second kappa shape index (κ2) is 6.94. The molecular weight excluding hydrogens is 300 g/mol. The Morgan fingerprint density at radius 1 is 0.600 bits per heavy atom. The van der Waals surface area contributed by atoms with Gasteiger partial charge < -0.3 is 0 Å². The zero-order valence-corrected chi connectivity index (χ0v) is 14.6. The maximum absolute atomic E-state index is 2.32. The summed E-state index contributed by atoms with van der Waals surface area (Å²) in [5, 5.41) is 5.26. The molecular formula is C25H22. The van der Waals surface area contributed by atoms with Crippen LogP contribution >= 0.6 is 0 Å². The molecule has 0 aromatic heterocycles. The number of fused-ring (bicyclic) bond motifs is 2. The van der Waals surface area contributed by atoms with Crippen molar-refractivity contribution in [2.24, 2.45) is 0 Å². The highest BCUT2D eigenvalue weighted by molar-refractivity contribution is 5.83. The predicted molar refractivity (Wildman–Crippen MR) is 109 cm³/mol. The average molecular weight is 322 g/mol. The zero-order chi connectivity index (χ0) is 17.1. The van der Waals surface area contributed by atoms with Crippen LogP contribution in [0.5, 0.6) is 0 Å². The summed E-state index contributed by atoms with van der Waals surface area (Å²) in [6.07, 6.45) is 4.28. The van der Waals surface area contributed by atoms with Crippen LogP contribution in [0.1, 0.15) is 18.1 Å². The lowest BCUT2D eigenvalue weighted by atomic mass is 9.95. The van der Waals surface area contributed by atoms with Gasteiger partial charge in [0.05, 0.1) is 0 Å². The molecule has 0 saturated carbocycles. The van der Waals surface area contributed by atoms with Crippen molar-refractivity contribution in [3.8, 4) is 0 Å². The SMILES string of the molecule is CC=C(Cc1ccc2ccccc2c1)Cc1ccc2ccccc2c1. The molecule has 0 saturated heterocycles. The van der Waals surface area contributed by atoms with E-state index in [9.17, 15) is 0 Å². The van der Waals surface area contributed by atoms with Crippen LogP contribution in [0.2, 0.25) is 0 Å². The molecule has 0 heterocycles. The molecule has 0 heteroatoms. The quantitative estimate of drug-likeness (QED) is 0.366. The summed E-state index contributed by atoms with van der Waals surface area (Å²) in [4.78, 5) is 0. The van der Waals surface area contributed by atoms with Gasteiger partial charge in [-0.05, 0) is 52.4 Å². The number of allylic oxidation sites excluding steroid dienone is 2. The van der Waals surface area contributed by atoms with Gasteiger partial charge in [0.2, 0.25) is 0 Å². The Morgan fingerprint density at radius 3 is 1.48 bits per heavy atom. The maximum atomic E-state index is 2.32. The van der Waals surface area contributed by atoms with Crippen LogP contribution in [0.4, 0.5) is 0 Å². The van der Waals surface area contributed by atoms with E-state index in [1.54, 1.807) is 0 Å². The number of hydrogen-bond acceptors (Lipinski definition) is 0. The lowest BCUT2D eigenvalue weighted by molar-refractivity contribution is 1.03. The molecule has 0 nitrogen and oxygen atoms in total. The van der Waals surface area contributed by atoms with Crippen molar-refractivity contribution < 1.29 is 0 Å². The topological polar surface area (TPSA) is 0 Å². The number of hydrogen-bond donors (Lipinski definition) is 0. The minimum Gasteiger partial charge on any atom is -0.0878 e. The van der Waals surface area contributed by atoms with Crippen LogP contribution in [0, 0.1) is 0 Å². The molecule has 0 bridgehead atoms. The van der Waals surface area contributed by atoms with E-state index in [0.717, 1.165) is 12.8 Å². The first kappa shape index (κ1) is 15.7. The molecule has 0 aliphatic heterocycles. The molecule has 0 spiro atoms. The summed E-state index contributed by atoms with van der Waals surface area (Å²) in [7, 11) is 0. The van der Waals surface area contributed by atoms with Crippen LogP contribution in [0.3, 0.4) is 0 Å². The Labute approximate surface area is 149 Å². The van der Waals surface area contributed by atoms with Crippen molar-refractivity contribution in [2.75, 3.05) is 0 Å². The highest BCUT2D eigenvalue weighted by atomic mass is 14.1. The van der Waals surface area contributed by atoms with Gasteiger partial charge in [-0.3, -0.25) is 0 Å². The van der Waals surface area contributed by atoms with Crippen molar-refractivity contribution in [1.82, 2.24) is 0 Å². The fourth-order valence-electron chi connectivity index (χ4n) is 3.49. The first-order valence-corrected chi connectivity index (χ1v) is 8.91. The first-order valence-electron chi connectivity index (χ1n) is 8.91. The van der Waals surface area contributed by atoms with Gasteiger partial charge in [0.1, 0.15) is 0 Å². The standard InChI is InChI=1S/C25H22/c1-2-19(15-20-11-13-22-7-3-5-9-24(22)17-20)16-21-12-14-23-8-4-6-10-25(23)18-21/h2-14,17-18H,15-16H2,1H3. The Balaban J connectivity index is 1.56. The van der Waals surface area contributed by atoms with Gasteiger partial charge >= 0.3 is 0 Å². The molecule has 0 aliphatic rings. The van der Waals surface area contributed by atoms with Gasteiger partial charge in [0.15, 0.2) is 0 Å². The van der Waals surface area contributed by atoms with E-state index in [1.807, 2.05) is 0 Å². The average Bonchev–Trinajstić information content (AvgIpc) is 2.67. The first-order chi connectivity index (χ1) is 12.3. The van der Waals surface area contributed by atoms with E-state index in [4.69, 9.17) is 0 Å². The third-order valence-electron chi connectivity index (χ3n) is 4.90. The minimum absolute atomic E-state index is 1.01. The Bertz CT molecular complexity index is 970. The number of benzene rings is 4. The summed E-state index contributed by atoms with van der Waals surface area (Å²) < 4.78 is 0. The number of rotatable bonds is 4. The molecule has 0 radical (unpaired) electrons. The van der Waals surface area contributed by atoms with E-state index >= 15 is 0 Å². The molecule has 0 fully saturated rings. The van der Waals surface area contributed by atoms with Gasteiger partial charge in [-0.2, -0.15) is 0 Å². The van der Waals surface area contributed by atoms with Crippen LogP contribution in [-0.2, 0) is 12.8 Å².